The second-order valence-electron chi connectivity index (χ2n) is 8.02. The molecular formula is C21H28N4O2. The zero-order valence-corrected chi connectivity index (χ0v) is 16.1. The first-order valence-electron chi connectivity index (χ1n) is 9.83. The molecule has 6 nitrogen and oxygen atoms in total. The average molecular weight is 368 g/mol. The summed E-state index contributed by atoms with van der Waals surface area (Å²) in [4.78, 5) is 33.0. The number of fused-ring (bicyclic) bond motifs is 1. The predicted octanol–water partition coefficient (Wildman–Crippen LogP) is 1.94. The topological polar surface area (TPSA) is 68.4 Å². The van der Waals surface area contributed by atoms with Gasteiger partial charge in [-0.2, -0.15) is 0 Å². The Labute approximate surface area is 159 Å². The largest absolute Gasteiger partial charge is 0.361 e. The summed E-state index contributed by atoms with van der Waals surface area (Å²) in [5.41, 5.74) is 1.65. The normalized spacial score (nSPS) is 24.4. The fraction of sp³-hybridized carbons (Fsp3) is 0.524. The van der Waals surface area contributed by atoms with Gasteiger partial charge in [-0.15, -0.1) is 0 Å². The van der Waals surface area contributed by atoms with Gasteiger partial charge in [0.05, 0.1) is 5.92 Å². The number of carbonyl (C=O) groups is 2. The van der Waals surface area contributed by atoms with E-state index >= 15 is 0 Å². The molecule has 2 N–H and O–H groups in total. The highest BCUT2D eigenvalue weighted by molar-refractivity contribution is 5.98. The van der Waals surface area contributed by atoms with Gasteiger partial charge in [0, 0.05) is 37.4 Å². The Kier molecular flexibility index (Phi) is 4.91. The van der Waals surface area contributed by atoms with Gasteiger partial charge in [-0.1, -0.05) is 6.07 Å². The number of nitrogens with one attached hydrogen (secondary N) is 2. The zero-order chi connectivity index (χ0) is 19.0. The summed E-state index contributed by atoms with van der Waals surface area (Å²) in [6, 6.07) is 7.77. The number of nitrogens with zero attached hydrogens (tertiary/aromatic N) is 2. The minimum atomic E-state index is -0.110. The molecule has 0 bridgehead atoms. The number of rotatable bonds is 3. The molecular weight excluding hydrogens is 340 g/mol. The van der Waals surface area contributed by atoms with Crippen molar-refractivity contribution in [3.8, 4) is 0 Å². The van der Waals surface area contributed by atoms with Gasteiger partial charge in [0.25, 0.3) is 5.91 Å². The number of hydrogen-bond acceptors (Lipinski definition) is 3. The van der Waals surface area contributed by atoms with Gasteiger partial charge in [-0.3, -0.25) is 9.59 Å². The standard InChI is InChI=1S/C21H28N4O2/c1-22-20(26)18-13-25(12-17(18)14-6-9-24(2)10-7-14)21(27)16-4-3-15-5-8-23-19(15)11-16/h3-5,8,11,14,17-18,23H,6-7,9-10,12-13H2,1-2H3,(H,22,26). The van der Waals surface area contributed by atoms with Crippen molar-refractivity contribution in [3.05, 3.63) is 36.0 Å². The van der Waals surface area contributed by atoms with Crippen LogP contribution in [0, 0.1) is 17.8 Å². The third kappa shape index (κ3) is 3.46. The number of amides is 2. The summed E-state index contributed by atoms with van der Waals surface area (Å²) in [6.07, 6.45) is 4.09. The third-order valence-electron chi connectivity index (χ3n) is 6.41. The van der Waals surface area contributed by atoms with Crippen LogP contribution in [0.4, 0.5) is 0 Å². The molecule has 2 atom stereocenters. The van der Waals surface area contributed by atoms with Crippen LogP contribution in [0.25, 0.3) is 10.9 Å². The van der Waals surface area contributed by atoms with E-state index < -0.39 is 0 Å². The van der Waals surface area contributed by atoms with Crippen molar-refractivity contribution < 1.29 is 9.59 Å². The first-order chi connectivity index (χ1) is 13.1. The first-order valence-corrected chi connectivity index (χ1v) is 9.83. The van der Waals surface area contributed by atoms with E-state index in [0.717, 1.165) is 36.8 Å². The molecule has 2 unspecified atom stereocenters. The Morgan fingerprint density at radius 2 is 1.93 bits per heavy atom. The molecule has 1 aromatic heterocycles. The summed E-state index contributed by atoms with van der Waals surface area (Å²) in [6.45, 7) is 3.32. The molecule has 2 saturated heterocycles. The SMILES string of the molecule is CNC(=O)C1CN(C(=O)c2ccc3cc[nH]c3c2)CC1C1CCN(C)CC1. The molecule has 2 aliphatic heterocycles. The molecule has 0 aliphatic carbocycles. The molecule has 2 fully saturated rings. The van der Waals surface area contributed by atoms with Crippen molar-refractivity contribution in [3.63, 3.8) is 0 Å². The summed E-state index contributed by atoms with van der Waals surface area (Å²) in [5, 5.41) is 3.91. The highest BCUT2D eigenvalue weighted by Crippen LogP contribution is 2.36. The minimum absolute atomic E-state index is 0.0239. The van der Waals surface area contributed by atoms with Crippen molar-refractivity contribution in [2.24, 2.45) is 17.8 Å². The Bertz CT molecular complexity index is 838. The Morgan fingerprint density at radius 1 is 1.15 bits per heavy atom. The lowest BCUT2D eigenvalue weighted by Crippen LogP contribution is -2.39. The lowest BCUT2D eigenvalue weighted by atomic mass is 9.78. The van der Waals surface area contributed by atoms with Crippen LogP contribution in [0.15, 0.2) is 30.5 Å². The smallest absolute Gasteiger partial charge is 0.253 e. The third-order valence-corrected chi connectivity index (χ3v) is 6.41. The van der Waals surface area contributed by atoms with Gasteiger partial charge in [0.2, 0.25) is 5.91 Å². The first kappa shape index (κ1) is 18.0. The molecule has 27 heavy (non-hydrogen) atoms. The van der Waals surface area contributed by atoms with Gasteiger partial charge >= 0.3 is 0 Å². The maximum atomic E-state index is 13.1. The summed E-state index contributed by atoms with van der Waals surface area (Å²) in [7, 11) is 3.84. The average Bonchev–Trinajstić information content (AvgIpc) is 3.34. The highest BCUT2D eigenvalue weighted by atomic mass is 16.2. The van der Waals surface area contributed by atoms with E-state index in [1.54, 1.807) is 7.05 Å². The number of likely N-dealkylation sites (tertiary alicyclic amines) is 2. The van der Waals surface area contributed by atoms with Crippen LogP contribution in [-0.2, 0) is 4.79 Å². The van der Waals surface area contributed by atoms with Crippen LogP contribution >= 0.6 is 0 Å². The molecule has 6 heteroatoms. The van der Waals surface area contributed by atoms with Crippen LogP contribution in [0.2, 0.25) is 0 Å². The van der Waals surface area contributed by atoms with Crippen LogP contribution in [0.5, 0.6) is 0 Å². The Balaban J connectivity index is 1.54. The van der Waals surface area contributed by atoms with Crippen molar-refractivity contribution >= 4 is 22.7 Å². The second-order valence-corrected chi connectivity index (χ2v) is 8.02. The number of aromatic amines is 1. The number of hydrogen-bond donors (Lipinski definition) is 2. The molecule has 1 aromatic carbocycles. The number of aromatic nitrogens is 1. The van der Waals surface area contributed by atoms with Crippen molar-refractivity contribution in [1.29, 1.82) is 0 Å². The fourth-order valence-corrected chi connectivity index (χ4v) is 4.76. The molecule has 144 valence electrons. The van der Waals surface area contributed by atoms with E-state index in [1.165, 1.54) is 0 Å². The Hall–Kier alpha value is -2.34. The van der Waals surface area contributed by atoms with Gasteiger partial charge < -0.3 is 20.1 Å². The molecule has 2 amide bonds. The van der Waals surface area contributed by atoms with E-state index in [0.29, 0.717) is 24.6 Å². The predicted molar refractivity (Wildman–Crippen MR) is 105 cm³/mol. The highest BCUT2D eigenvalue weighted by Gasteiger charge is 2.43. The zero-order valence-electron chi connectivity index (χ0n) is 16.1. The van der Waals surface area contributed by atoms with Crippen LogP contribution in [0.3, 0.4) is 0 Å². The summed E-state index contributed by atoms with van der Waals surface area (Å²) >= 11 is 0. The molecule has 2 aromatic rings. The van der Waals surface area contributed by atoms with Crippen molar-refractivity contribution in [2.45, 2.75) is 12.8 Å². The van der Waals surface area contributed by atoms with Crippen LogP contribution in [-0.4, -0.2) is 66.9 Å². The van der Waals surface area contributed by atoms with E-state index in [4.69, 9.17) is 0 Å². The number of carbonyl (C=O) groups excluding carboxylic acids is 2. The van der Waals surface area contributed by atoms with Gasteiger partial charge in [0.1, 0.15) is 0 Å². The molecule has 3 heterocycles. The lowest BCUT2D eigenvalue weighted by Gasteiger charge is -2.34. The number of benzene rings is 1. The maximum Gasteiger partial charge on any atom is 0.253 e. The van der Waals surface area contributed by atoms with E-state index in [1.807, 2.05) is 35.4 Å². The van der Waals surface area contributed by atoms with Crippen LogP contribution in [0.1, 0.15) is 23.2 Å². The van der Waals surface area contributed by atoms with Gasteiger partial charge in [-0.05, 0) is 68.4 Å². The minimum Gasteiger partial charge on any atom is -0.361 e. The maximum absolute atomic E-state index is 13.1. The van der Waals surface area contributed by atoms with Gasteiger partial charge in [0.15, 0.2) is 0 Å². The molecule has 4 rings (SSSR count). The van der Waals surface area contributed by atoms with E-state index in [-0.39, 0.29) is 23.7 Å². The quantitative estimate of drug-likeness (QED) is 0.870. The van der Waals surface area contributed by atoms with Crippen LogP contribution < -0.4 is 5.32 Å². The lowest BCUT2D eigenvalue weighted by molar-refractivity contribution is -0.125. The monoisotopic (exact) mass is 368 g/mol. The number of H-pyrrole nitrogens is 1. The Morgan fingerprint density at radius 3 is 2.67 bits per heavy atom. The van der Waals surface area contributed by atoms with E-state index in [9.17, 15) is 9.59 Å². The number of piperidine rings is 1. The van der Waals surface area contributed by atoms with Crippen molar-refractivity contribution in [2.75, 3.05) is 40.3 Å². The van der Waals surface area contributed by atoms with Crippen molar-refractivity contribution in [1.82, 2.24) is 20.1 Å². The molecule has 0 spiro atoms. The van der Waals surface area contributed by atoms with E-state index in [2.05, 4.69) is 22.2 Å². The molecule has 0 radical (unpaired) electrons. The summed E-state index contributed by atoms with van der Waals surface area (Å²) < 4.78 is 0. The summed E-state index contributed by atoms with van der Waals surface area (Å²) in [5.74, 6) is 0.732. The molecule has 0 saturated carbocycles. The fourth-order valence-electron chi connectivity index (χ4n) is 4.76. The van der Waals surface area contributed by atoms with Gasteiger partial charge in [-0.25, -0.2) is 0 Å². The second kappa shape index (κ2) is 7.35. The molecule has 2 aliphatic rings.